The minimum absolute atomic E-state index is 0.411. The monoisotopic (exact) mass is 254 g/mol. The highest BCUT2D eigenvalue weighted by Gasteiger charge is 2.11. The molecule has 4 heteroatoms. The number of nitrogens with two attached hydrogens (primary N) is 1. The number of benzene rings is 2. The molecule has 0 aliphatic heterocycles. The van der Waals surface area contributed by atoms with Gasteiger partial charge in [-0.1, -0.05) is 42.2 Å². The predicted molar refractivity (Wildman–Crippen MR) is 73.5 cm³/mol. The average Bonchev–Trinajstić information content (AvgIpc) is 2.43. The van der Waals surface area contributed by atoms with E-state index >= 15 is 0 Å². The van der Waals surface area contributed by atoms with Crippen molar-refractivity contribution in [2.24, 2.45) is 5.73 Å². The van der Waals surface area contributed by atoms with Crippen LogP contribution >= 0.6 is 0 Å². The summed E-state index contributed by atoms with van der Waals surface area (Å²) in [6.45, 7) is 1.60. The molecule has 0 fully saturated rings. The summed E-state index contributed by atoms with van der Waals surface area (Å²) in [6.07, 6.45) is 0. The zero-order valence-corrected chi connectivity index (χ0v) is 10.5. The van der Waals surface area contributed by atoms with Crippen LogP contribution in [-0.4, -0.2) is 22.3 Å². The van der Waals surface area contributed by atoms with E-state index in [1.807, 2.05) is 42.5 Å². The fourth-order valence-corrected chi connectivity index (χ4v) is 1.71. The molecule has 4 nitrogen and oxygen atoms in total. The van der Waals surface area contributed by atoms with E-state index in [2.05, 4.69) is 11.8 Å². The Balaban J connectivity index is 2.24. The van der Waals surface area contributed by atoms with Crippen LogP contribution in [0.2, 0.25) is 0 Å². The van der Waals surface area contributed by atoms with Crippen LogP contribution in [0.15, 0.2) is 42.5 Å². The van der Waals surface area contributed by atoms with Gasteiger partial charge in [0.2, 0.25) is 0 Å². The molecule has 0 bridgehead atoms. The Kier molecular flexibility index (Phi) is 3.69. The molecule has 0 aromatic heterocycles. The van der Waals surface area contributed by atoms with Crippen LogP contribution in [0.3, 0.4) is 0 Å². The number of amides is 2. The Labute approximate surface area is 111 Å². The van der Waals surface area contributed by atoms with Gasteiger partial charge in [0.15, 0.2) is 0 Å². The molecule has 0 saturated carbocycles. The second kappa shape index (κ2) is 5.42. The standard InChI is InChI=1S/C15H14N2O2/c1-11(17(19)15(16)18)6-7-12-8-9-13-4-2-3-5-14(13)10-12/h2-5,8-11,19H,1H3,(H2,16,18). The van der Waals surface area contributed by atoms with Crippen molar-refractivity contribution in [2.75, 3.05) is 0 Å². The molecule has 2 aromatic carbocycles. The van der Waals surface area contributed by atoms with E-state index in [9.17, 15) is 10.0 Å². The molecule has 2 aromatic rings. The number of nitrogens with zero attached hydrogens (tertiary/aromatic N) is 1. The lowest BCUT2D eigenvalue weighted by Gasteiger charge is -2.14. The third kappa shape index (κ3) is 3.03. The smallest absolute Gasteiger partial charge is 0.339 e. The minimum atomic E-state index is -0.916. The fraction of sp³-hybridized carbons (Fsp3) is 0.133. The first-order chi connectivity index (χ1) is 9.08. The first-order valence-electron chi connectivity index (χ1n) is 5.86. The Hall–Kier alpha value is -2.51. The Bertz CT molecular complexity index is 670. The molecule has 19 heavy (non-hydrogen) atoms. The maximum absolute atomic E-state index is 10.8. The summed E-state index contributed by atoms with van der Waals surface area (Å²) in [5, 5.41) is 11.9. The normalized spacial score (nSPS) is 11.5. The topological polar surface area (TPSA) is 66.6 Å². The lowest BCUT2D eigenvalue weighted by molar-refractivity contribution is -0.0536. The lowest BCUT2D eigenvalue weighted by Crippen LogP contribution is -2.38. The van der Waals surface area contributed by atoms with Crippen LogP contribution in [-0.2, 0) is 0 Å². The first kappa shape index (κ1) is 12.9. The van der Waals surface area contributed by atoms with Crippen molar-refractivity contribution in [3.05, 3.63) is 48.0 Å². The molecule has 1 atom stereocenters. The highest BCUT2D eigenvalue weighted by molar-refractivity contribution is 5.83. The molecular weight excluding hydrogens is 240 g/mol. The highest BCUT2D eigenvalue weighted by atomic mass is 16.5. The van der Waals surface area contributed by atoms with Gasteiger partial charge in [-0.25, -0.2) is 4.79 Å². The lowest BCUT2D eigenvalue weighted by atomic mass is 10.1. The molecular formula is C15H14N2O2. The van der Waals surface area contributed by atoms with E-state index in [4.69, 9.17) is 5.73 Å². The van der Waals surface area contributed by atoms with Gasteiger partial charge < -0.3 is 5.73 Å². The van der Waals surface area contributed by atoms with Gasteiger partial charge in [0.25, 0.3) is 0 Å². The second-order valence-electron chi connectivity index (χ2n) is 4.19. The molecule has 0 aliphatic rings. The van der Waals surface area contributed by atoms with Crippen molar-refractivity contribution in [1.29, 1.82) is 0 Å². The van der Waals surface area contributed by atoms with Gasteiger partial charge in [-0.15, -0.1) is 0 Å². The molecule has 0 spiro atoms. The Morgan fingerprint density at radius 2 is 1.95 bits per heavy atom. The molecule has 0 heterocycles. The van der Waals surface area contributed by atoms with Crippen molar-refractivity contribution in [3.63, 3.8) is 0 Å². The summed E-state index contributed by atoms with van der Waals surface area (Å²) in [6, 6.07) is 12.2. The number of urea groups is 1. The SMILES string of the molecule is CC(C#Cc1ccc2ccccc2c1)N(O)C(N)=O. The number of fused-ring (bicyclic) bond motifs is 1. The number of hydrogen-bond donors (Lipinski definition) is 2. The summed E-state index contributed by atoms with van der Waals surface area (Å²) < 4.78 is 0. The molecule has 0 saturated heterocycles. The number of hydrogen-bond acceptors (Lipinski definition) is 2. The zero-order chi connectivity index (χ0) is 13.8. The molecule has 2 amide bonds. The van der Waals surface area contributed by atoms with Crippen molar-refractivity contribution in [3.8, 4) is 11.8 Å². The molecule has 1 unspecified atom stereocenters. The Morgan fingerprint density at radius 3 is 2.63 bits per heavy atom. The van der Waals surface area contributed by atoms with Crippen molar-refractivity contribution in [2.45, 2.75) is 13.0 Å². The van der Waals surface area contributed by atoms with Crippen molar-refractivity contribution >= 4 is 16.8 Å². The van der Waals surface area contributed by atoms with Gasteiger partial charge in [0.1, 0.15) is 6.04 Å². The van der Waals surface area contributed by atoms with E-state index in [1.165, 1.54) is 0 Å². The van der Waals surface area contributed by atoms with E-state index in [-0.39, 0.29) is 0 Å². The van der Waals surface area contributed by atoms with E-state index in [0.717, 1.165) is 16.3 Å². The van der Waals surface area contributed by atoms with Crippen LogP contribution in [0.5, 0.6) is 0 Å². The van der Waals surface area contributed by atoms with Gasteiger partial charge in [-0.05, 0) is 29.8 Å². The minimum Gasteiger partial charge on any atom is -0.350 e. The number of carbonyl (C=O) groups is 1. The molecule has 3 N–H and O–H groups in total. The van der Waals surface area contributed by atoms with Crippen molar-refractivity contribution in [1.82, 2.24) is 5.06 Å². The van der Waals surface area contributed by atoms with Crippen LogP contribution in [0.4, 0.5) is 4.79 Å². The van der Waals surface area contributed by atoms with Gasteiger partial charge in [-0.3, -0.25) is 5.21 Å². The molecule has 0 aliphatic carbocycles. The number of rotatable bonds is 1. The maximum atomic E-state index is 10.8. The number of primary amides is 1. The average molecular weight is 254 g/mol. The van der Waals surface area contributed by atoms with Gasteiger partial charge in [0, 0.05) is 5.56 Å². The fourth-order valence-electron chi connectivity index (χ4n) is 1.71. The number of carbonyl (C=O) groups excluding carboxylic acids is 1. The summed E-state index contributed by atoms with van der Waals surface area (Å²) in [5.41, 5.74) is 5.77. The third-order valence-electron chi connectivity index (χ3n) is 2.77. The van der Waals surface area contributed by atoms with E-state index in [1.54, 1.807) is 6.92 Å². The molecule has 2 rings (SSSR count). The van der Waals surface area contributed by atoms with Crippen LogP contribution in [0.25, 0.3) is 10.8 Å². The van der Waals surface area contributed by atoms with Gasteiger partial charge in [-0.2, -0.15) is 5.06 Å². The number of hydroxylamine groups is 2. The van der Waals surface area contributed by atoms with Gasteiger partial charge >= 0.3 is 6.03 Å². The second-order valence-corrected chi connectivity index (χ2v) is 4.19. The summed E-state index contributed by atoms with van der Waals surface area (Å²) in [4.78, 5) is 10.8. The highest BCUT2D eigenvalue weighted by Crippen LogP contribution is 2.14. The summed E-state index contributed by atoms with van der Waals surface area (Å²) in [5.74, 6) is 5.68. The van der Waals surface area contributed by atoms with E-state index < -0.39 is 12.1 Å². The van der Waals surface area contributed by atoms with Crippen LogP contribution in [0.1, 0.15) is 12.5 Å². The molecule has 0 radical (unpaired) electrons. The van der Waals surface area contributed by atoms with Gasteiger partial charge in [0.05, 0.1) is 0 Å². The maximum Gasteiger partial charge on any atom is 0.339 e. The third-order valence-corrected chi connectivity index (χ3v) is 2.77. The summed E-state index contributed by atoms with van der Waals surface area (Å²) in [7, 11) is 0. The zero-order valence-electron chi connectivity index (χ0n) is 10.5. The summed E-state index contributed by atoms with van der Waals surface area (Å²) >= 11 is 0. The largest absolute Gasteiger partial charge is 0.350 e. The quantitative estimate of drug-likeness (QED) is 0.466. The van der Waals surface area contributed by atoms with Crippen molar-refractivity contribution < 1.29 is 10.0 Å². The first-order valence-corrected chi connectivity index (χ1v) is 5.86. The predicted octanol–water partition coefficient (Wildman–Crippen LogP) is 2.35. The van der Waals surface area contributed by atoms with E-state index in [0.29, 0.717) is 5.06 Å². The Morgan fingerprint density at radius 1 is 1.26 bits per heavy atom. The van der Waals surface area contributed by atoms with Crippen LogP contribution in [0, 0.1) is 11.8 Å². The molecule has 96 valence electrons. The van der Waals surface area contributed by atoms with Crippen LogP contribution < -0.4 is 5.73 Å².